The van der Waals surface area contributed by atoms with Gasteiger partial charge in [0.1, 0.15) is 0 Å². The molecule has 2 N–H and O–H groups in total. The molecule has 0 spiro atoms. The van der Waals surface area contributed by atoms with Crippen LogP contribution >= 0.6 is 0 Å². The highest BCUT2D eigenvalue weighted by atomic mass is 16.1. The zero-order valence-corrected chi connectivity index (χ0v) is 14.1. The fraction of sp³-hybridized carbons (Fsp3) is 0.947. The van der Waals surface area contributed by atoms with E-state index in [2.05, 4.69) is 11.9 Å². The first kappa shape index (κ1) is 15.0. The Labute approximate surface area is 135 Å². The largest absolute Gasteiger partial charge is 0.368 e. The lowest BCUT2D eigenvalue weighted by molar-refractivity contribution is -0.144. The highest BCUT2D eigenvalue weighted by molar-refractivity contribution is 5.81. The van der Waals surface area contributed by atoms with E-state index < -0.39 is 0 Å². The van der Waals surface area contributed by atoms with Crippen LogP contribution in [0.2, 0.25) is 0 Å². The molecule has 5 aliphatic rings. The Morgan fingerprint density at radius 2 is 1.50 bits per heavy atom. The molecule has 0 aromatic carbocycles. The summed E-state index contributed by atoms with van der Waals surface area (Å²) in [6.07, 6.45) is 14.6. The van der Waals surface area contributed by atoms with Gasteiger partial charge in [0.05, 0.1) is 6.04 Å². The molecule has 0 saturated heterocycles. The van der Waals surface area contributed by atoms with Crippen LogP contribution in [0.15, 0.2) is 0 Å². The third kappa shape index (κ3) is 2.40. The van der Waals surface area contributed by atoms with Crippen molar-refractivity contribution in [2.75, 3.05) is 7.05 Å². The number of carbonyl (C=O) groups is 1. The van der Waals surface area contributed by atoms with E-state index in [1.807, 2.05) is 0 Å². The minimum absolute atomic E-state index is 0.0102. The van der Waals surface area contributed by atoms with Crippen LogP contribution in [-0.2, 0) is 4.79 Å². The molecule has 1 amide bonds. The van der Waals surface area contributed by atoms with Gasteiger partial charge in [0.15, 0.2) is 0 Å². The summed E-state index contributed by atoms with van der Waals surface area (Å²) < 4.78 is 0. The van der Waals surface area contributed by atoms with Crippen LogP contribution < -0.4 is 5.73 Å². The predicted octanol–water partition coefficient (Wildman–Crippen LogP) is 3.32. The van der Waals surface area contributed by atoms with Crippen molar-refractivity contribution < 1.29 is 4.79 Å². The van der Waals surface area contributed by atoms with Crippen LogP contribution in [0, 0.1) is 23.2 Å². The van der Waals surface area contributed by atoms with Crippen LogP contribution in [0.3, 0.4) is 0 Å². The highest BCUT2D eigenvalue weighted by Gasteiger charge is 2.57. The molecule has 0 aliphatic heterocycles. The molecule has 0 aromatic rings. The van der Waals surface area contributed by atoms with E-state index in [0.29, 0.717) is 6.04 Å². The summed E-state index contributed by atoms with van der Waals surface area (Å²) in [4.78, 5) is 14.9. The molecule has 3 nitrogen and oxygen atoms in total. The summed E-state index contributed by atoms with van der Waals surface area (Å²) in [5.74, 6) is 2.60. The van der Waals surface area contributed by atoms with Crippen LogP contribution in [0.4, 0.5) is 0 Å². The Hall–Kier alpha value is -0.570. The summed E-state index contributed by atoms with van der Waals surface area (Å²) in [5, 5.41) is 0. The van der Waals surface area contributed by atoms with Gasteiger partial charge in [-0.05, 0) is 81.6 Å². The van der Waals surface area contributed by atoms with Gasteiger partial charge in [-0.15, -0.1) is 0 Å². The fourth-order valence-electron chi connectivity index (χ4n) is 7.15. The minimum Gasteiger partial charge on any atom is -0.368 e. The number of likely N-dealkylation sites (N-methyl/N-ethyl adjacent to an activating group) is 1. The van der Waals surface area contributed by atoms with Crippen molar-refractivity contribution in [3.8, 4) is 0 Å². The lowest BCUT2D eigenvalue weighted by atomic mass is 9.47. The molecule has 5 rings (SSSR count). The van der Waals surface area contributed by atoms with E-state index in [1.165, 1.54) is 70.6 Å². The van der Waals surface area contributed by atoms with Gasteiger partial charge in [-0.25, -0.2) is 0 Å². The quantitative estimate of drug-likeness (QED) is 0.866. The first-order valence-corrected chi connectivity index (χ1v) is 9.59. The molecule has 0 aromatic heterocycles. The van der Waals surface area contributed by atoms with E-state index in [9.17, 15) is 4.79 Å². The summed E-state index contributed by atoms with van der Waals surface area (Å²) >= 11 is 0. The number of nitrogens with two attached hydrogens (primary N) is 1. The number of amides is 1. The highest BCUT2D eigenvalue weighted by Crippen LogP contribution is 2.62. The monoisotopic (exact) mass is 304 g/mol. The molecule has 22 heavy (non-hydrogen) atoms. The summed E-state index contributed by atoms with van der Waals surface area (Å²) in [5.41, 5.74) is 6.20. The smallest absolute Gasteiger partial charge is 0.235 e. The molecule has 5 fully saturated rings. The van der Waals surface area contributed by atoms with Gasteiger partial charge in [0.25, 0.3) is 0 Å². The molecule has 4 bridgehead atoms. The van der Waals surface area contributed by atoms with Crippen LogP contribution in [0.1, 0.15) is 70.6 Å². The molecule has 5 saturated carbocycles. The number of primary amides is 1. The SMILES string of the molecule is CN(C1CCCCC1)C(C(N)=O)C12CC3CC(CC(C3)C1)C2. The van der Waals surface area contributed by atoms with E-state index in [1.54, 1.807) is 0 Å². The average Bonchev–Trinajstić information content (AvgIpc) is 2.46. The molecule has 1 atom stereocenters. The number of carbonyl (C=O) groups excluding carboxylic acids is 1. The van der Waals surface area contributed by atoms with Crippen LogP contribution in [0.5, 0.6) is 0 Å². The van der Waals surface area contributed by atoms with E-state index in [-0.39, 0.29) is 17.4 Å². The lowest BCUT2D eigenvalue weighted by Gasteiger charge is -2.60. The predicted molar refractivity (Wildman–Crippen MR) is 88.2 cm³/mol. The average molecular weight is 304 g/mol. The van der Waals surface area contributed by atoms with Gasteiger partial charge in [0.2, 0.25) is 5.91 Å². The molecule has 0 heterocycles. The standard InChI is InChI=1S/C19H32N2O/c1-21(16-5-3-2-4-6-16)17(18(20)22)19-10-13-7-14(11-19)9-15(8-13)12-19/h13-17H,2-12H2,1H3,(H2,20,22). The van der Waals surface area contributed by atoms with Crippen molar-refractivity contribution in [3.05, 3.63) is 0 Å². The maximum absolute atomic E-state index is 12.5. The van der Waals surface area contributed by atoms with Crippen molar-refractivity contribution in [2.24, 2.45) is 28.9 Å². The van der Waals surface area contributed by atoms with Gasteiger partial charge in [0, 0.05) is 6.04 Å². The fourth-order valence-corrected chi connectivity index (χ4v) is 7.15. The third-order valence-electron chi connectivity index (χ3n) is 7.49. The molecule has 124 valence electrons. The maximum Gasteiger partial charge on any atom is 0.235 e. The molecular formula is C19H32N2O. The Morgan fingerprint density at radius 1 is 1.00 bits per heavy atom. The van der Waals surface area contributed by atoms with Crippen molar-refractivity contribution >= 4 is 5.91 Å². The van der Waals surface area contributed by atoms with Crippen LogP contribution in [0.25, 0.3) is 0 Å². The second kappa shape index (κ2) is 5.51. The van der Waals surface area contributed by atoms with Crippen molar-refractivity contribution in [1.29, 1.82) is 0 Å². The summed E-state index contributed by atoms with van der Waals surface area (Å²) in [6, 6.07) is 0.572. The number of nitrogens with zero attached hydrogens (tertiary/aromatic N) is 1. The molecule has 5 aliphatic carbocycles. The van der Waals surface area contributed by atoms with Crippen molar-refractivity contribution in [1.82, 2.24) is 4.90 Å². The van der Waals surface area contributed by atoms with E-state index in [4.69, 9.17) is 5.73 Å². The number of hydrogen-bond acceptors (Lipinski definition) is 2. The zero-order chi connectivity index (χ0) is 15.3. The lowest BCUT2D eigenvalue weighted by Crippen LogP contribution is -2.62. The molecule has 0 radical (unpaired) electrons. The second-order valence-electron chi connectivity index (χ2n) is 9.04. The first-order chi connectivity index (χ1) is 10.6. The molecular weight excluding hydrogens is 272 g/mol. The van der Waals surface area contributed by atoms with Gasteiger partial charge in [-0.1, -0.05) is 19.3 Å². The van der Waals surface area contributed by atoms with E-state index >= 15 is 0 Å². The number of hydrogen-bond donors (Lipinski definition) is 1. The molecule has 3 heteroatoms. The van der Waals surface area contributed by atoms with Crippen molar-refractivity contribution in [3.63, 3.8) is 0 Å². The van der Waals surface area contributed by atoms with Gasteiger partial charge >= 0.3 is 0 Å². The Balaban J connectivity index is 1.60. The van der Waals surface area contributed by atoms with Gasteiger partial charge in [-0.3, -0.25) is 9.69 Å². The van der Waals surface area contributed by atoms with E-state index in [0.717, 1.165) is 17.8 Å². The Kier molecular flexibility index (Phi) is 3.75. The van der Waals surface area contributed by atoms with Gasteiger partial charge < -0.3 is 5.73 Å². The summed E-state index contributed by atoms with van der Waals surface area (Å²) in [6.45, 7) is 0. The maximum atomic E-state index is 12.5. The topological polar surface area (TPSA) is 46.3 Å². The third-order valence-corrected chi connectivity index (χ3v) is 7.49. The second-order valence-corrected chi connectivity index (χ2v) is 9.04. The normalized spacial score (nSPS) is 42.7. The van der Waals surface area contributed by atoms with Crippen LogP contribution in [-0.4, -0.2) is 29.9 Å². The summed E-state index contributed by atoms with van der Waals surface area (Å²) in [7, 11) is 2.20. The number of rotatable bonds is 4. The molecule has 1 unspecified atom stereocenters. The Bertz CT molecular complexity index is 405. The zero-order valence-electron chi connectivity index (χ0n) is 14.1. The minimum atomic E-state index is -0.0463. The van der Waals surface area contributed by atoms with Crippen molar-refractivity contribution in [2.45, 2.75) is 82.7 Å². The van der Waals surface area contributed by atoms with Gasteiger partial charge in [-0.2, -0.15) is 0 Å². The first-order valence-electron chi connectivity index (χ1n) is 9.59. The Morgan fingerprint density at radius 3 is 1.95 bits per heavy atom.